The van der Waals surface area contributed by atoms with Crippen molar-refractivity contribution in [3.8, 4) is 22.8 Å². The van der Waals surface area contributed by atoms with E-state index in [-0.39, 0.29) is 11.3 Å². The van der Waals surface area contributed by atoms with Crippen LogP contribution < -0.4 is 4.74 Å². The zero-order valence-electron chi connectivity index (χ0n) is 21.5. The number of nitrogens with one attached hydrogen (secondary N) is 2. The number of fused-ring (bicyclic) bond motifs is 1. The fourth-order valence-corrected chi connectivity index (χ4v) is 6.95. The zero-order valence-corrected chi connectivity index (χ0v) is 24.7. The van der Waals surface area contributed by atoms with Crippen molar-refractivity contribution < 1.29 is 18.6 Å². The van der Waals surface area contributed by atoms with Gasteiger partial charge in [-0.05, 0) is 72.4 Å². The molecule has 5 rings (SSSR count). The maximum Gasteiger partial charge on any atom is 0.168 e. The van der Waals surface area contributed by atoms with E-state index in [1.54, 1.807) is 30.2 Å². The monoisotopic (exact) mass is 643 g/mol. The Hall–Kier alpha value is -2.79. The summed E-state index contributed by atoms with van der Waals surface area (Å²) in [7, 11) is 0. The van der Waals surface area contributed by atoms with Crippen LogP contribution in [-0.4, -0.2) is 43.3 Å². The number of aromatic amines is 2. The molecule has 5 nitrogen and oxygen atoms in total. The molecule has 0 aliphatic carbocycles. The average Bonchev–Trinajstić information content (AvgIpc) is 3.65. The Morgan fingerprint density at radius 1 is 0.925 bits per heavy atom. The largest absolute Gasteiger partial charge is 0.454 e. The molecule has 0 saturated heterocycles. The molecule has 2 heterocycles. The molecule has 0 amide bonds. The number of aryl methyl sites for hydroxylation is 1. The van der Waals surface area contributed by atoms with Crippen LogP contribution in [0.25, 0.3) is 22.2 Å². The molecular formula is C30H28BrF2N3O2S2. The quantitative estimate of drug-likeness (QED) is 0.112. The number of H-pyrrole nitrogens is 2. The number of nitrogens with zero attached hydrogens (tertiary/aromatic N) is 1. The van der Waals surface area contributed by atoms with Crippen LogP contribution in [0.2, 0.25) is 0 Å². The number of hydrogen-bond donors (Lipinski definition) is 3. The highest BCUT2D eigenvalue weighted by atomic mass is 79.9. The first-order valence-electron chi connectivity index (χ1n) is 12.8. The molecule has 1 unspecified atom stereocenters. The third-order valence-corrected chi connectivity index (χ3v) is 9.19. The van der Waals surface area contributed by atoms with E-state index in [1.807, 2.05) is 42.1 Å². The Labute approximate surface area is 248 Å². The normalized spacial score (nSPS) is 12.2. The van der Waals surface area contributed by atoms with Crippen LogP contribution in [0.3, 0.4) is 0 Å². The van der Waals surface area contributed by atoms with Gasteiger partial charge in [0.2, 0.25) is 0 Å². The van der Waals surface area contributed by atoms with Crippen LogP contribution in [0.5, 0.6) is 11.5 Å². The van der Waals surface area contributed by atoms with E-state index in [9.17, 15) is 9.50 Å². The Balaban J connectivity index is 1.17. The summed E-state index contributed by atoms with van der Waals surface area (Å²) in [5.74, 6) is 3.17. The molecule has 1 atom stereocenters. The molecule has 2 aromatic heterocycles. The second-order valence-corrected chi connectivity index (χ2v) is 12.5. The number of aliphatic hydroxyl groups excluding tert-OH is 1. The summed E-state index contributed by atoms with van der Waals surface area (Å²) >= 11 is 7.07. The standard InChI is InChI=1S/C30H28BrF2N3O2S2/c31-20-3-1-2-19(16-20)29(37)9-13-40-15-14-39-12-8-23-22-6-10-34-28(22)18-26(33)30(23)38-21-4-5-25(32)24(17-21)27-7-11-35-36-27/h1-7,10-11,16-18,29,34,37H,8-9,12-15H2,(H,35,36). The van der Waals surface area contributed by atoms with Gasteiger partial charge in [-0.2, -0.15) is 28.6 Å². The van der Waals surface area contributed by atoms with Crippen molar-refractivity contribution in [3.05, 3.63) is 100 Å². The SMILES string of the molecule is OC(CCSCCSCCc1c(Oc2ccc(F)c(-c3cc[nH]n3)c2)c(F)cc2[nH]ccc12)c1cccc(Br)c1. The minimum Gasteiger partial charge on any atom is -0.454 e. The highest BCUT2D eigenvalue weighted by Gasteiger charge is 2.18. The first-order chi connectivity index (χ1) is 19.5. The fraction of sp³-hybridized carbons (Fsp3) is 0.233. The van der Waals surface area contributed by atoms with Crippen molar-refractivity contribution in [1.29, 1.82) is 0 Å². The number of aliphatic hydroxyl groups is 1. The lowest BCUT2D eigenvalue weighted by molar-refractivity contribution is 0.175. The topological polar surface area (TPSA) is 73.9 Å². The predicted molar refractivity (Wildman–Crippen MR) is 164 cm³/mol. The van der Waals surface area contributed by atoms with Crippen molar-refractivity contribution in [2.24, 2.45) is 0 Å². The number of hydrogen-bond acceptors (Lipinski definition) is 5. The molecule has 208 valence electrons. The van der Waals surface area contributed by atoms with Crippen molar-refractivity contribution in [2.45, 2.75) is 18.9 Å². The minimum atomic E-state index is -0.472. The van der Waals surface area contributed by atoms with Gasteiger partial charge in [0.15, 0.2) is 11.6 Å². The summed E-state index contributed by atoms with van der Waals surface area (Å²) in [6, 6.07) is 17.1. The summed E-state index contributed by atoms with van der Waals surface area (Å²) in [4.78, 5) is 3.09. The van der Waals surface area contributed by atoms with Crippen LogP contribution in [0, 0.1) is 11.6 Å². The molecule has 40 heavy (non-hydrogen) atoms. The Bertz CT molecular complexity index is 1560. The molecule has 0 saturated carbocycles. The smallest absolute Gasteiger partial charge is 0.168 e. The molecule has 0 fully saturated rings. The fourth-order valence-electron chi connectivity index (χ4n) is 4.45. The highest BCUT2D eigenvalue weighted by Crippen LogP contribution is 2.36. The van der Waals surface area contributed by atoms with Gasteiger partial charge in [0.05, 0.1) is 11.8 Å². The number of aromatic nitrogens is 3. The Kier molecular flexibility index (Phi) is 9.85. The number of benzene rings is 3. The van der Waals surface area contributed by atoms with Gasteiger partial charge in [0.1, 0.15) is 11.6 Å². The predicted octanol–water partition coefficient (Wildman–Crippen LogP) is 8.52. The molecular weight excluding hydrogens is 616 g/mol. The number of rotatable bonds is 13. The number of thioether (sulfide) groups is 2. The van der Waals surface area contributed by atoms with Gasteiger partial charge in [-0.15, -0.1) is 0 Å². The van der Waals surface area contributed by atoms with Gasteiger partial charge in [0.25, 0.3) is 0 Å². The van der Waals surface area contributed by atoms with Gasteiger partial charge in [0, 0.05) is 56.5 Å². The maximum absolute atomic E-state index is 15.3. The lowest BCUT2D eigenvalue weighted by Crippen LogP contribution is -2.01. The second kappa shape index (κ2) is 13.7. The molecule has 3 N–H and O–H groups in total. The van der Waals surface area contributed by atoms with Gasteiger partial charge >= 0.3 is 0 Å². The molecule has 5 aromatic rings. The number of ether oxygens (including phenoxy) is 1. The van der Waals surface area contributed by atoms with E-state index in [2.05, 4.69) is 31.1 Å². The van der Waals surface area contributed by atoms with Gasteiger partial charge in [-0.1, -0.05) is 28.1 Å². The molecule has 0 aliphatic heterocycles. The van der Waals surface area contributed by atoms with Gasteiger partial charge < -0.3 is 14.8 Å². The maximum atomic E-state index is 15.3. The number of halogens is 3. The Morgan fingerprint density at radius 3 is 2.58 bits per heavy atom. The molecule has 0 radical (unpaired) electrons. The van der Waals surface area contributed by atoms with Gasteiger partial charge in [-0.3, -0.25) is 5.10 Å². The first kappa shape index (κ1) is 28.7. The average molecular weight is 645 g/mol. The van der Waals surface area contributed by atoms with Crippen molar-refractivity contribution in [3.63, 3.8) is 0 Å². The van der Waals surface area contributed by atoms with Crippen LogP contribution in [-0.2, 0) is 6.42 Å². The molecule has 0 aliphatic rings. The summed E-state index contributed by atoms with van der Waals surface area (Å²) in [6.45, 7) is 0. The lowest BCUT2D eigenvalue weighted by atomic mass is 10.1. The van der Waals surface area contributed by atoms with Crippen LogP contribution >= 0.6 is 39.5 Å². The van der Waals surface area contributed by atoms with Crippen LogP contribution in [0.1, 0.15) is 23.7 Å². The van der Waals surface area contributed by atoms with E-state index < -0.39 is 17.7 Å². The third-order valence-electron chi connectivity index (χ3n) is 6.44. The van der Waals surface area contributed by atoms with Crippen molar-refractivity contribution in [1.82, 2.24) is 15.2 Å². The summed E-state index contributed by atoms with van der Waals surface area (Å²) < 4.78 is 36.7. The first-order valence-corrected chi connectivity index (χ1v) is 15.9. The molecule has 3 aromatic carbocycles. The van der Waals surface area contributed by atoms with E-state index in [0.29, 0.717) is 29.8 Å². The summed E-state index contributed by atoms with van der Waals surface area (Å²) in [6.07, 6.45) is 4.25. The van der Waals surface area contributed by atoms with E-state index in [1.165, 1.54) is 24.3 Å². The third kappa shape index (κ3) is 7.09. The lowest BCUT2D eigenvalue weighted by Gasteiger charge is -2.15. The molecule has 0 spiro atoms. The van der Waals surface area contributed by atoms with Crippen molar-refractivity contribution in [2.75, 3.05) is 23.0 Å². The minimum absolute atomic E-state index is 0.156. The van der Waals surface area contributed by atoms with Crippen LogP contribution in [0.15, 0.2) is 77.5 Å². The summed E-state index contributed by atoms with van der Waals surface area (Å²) in [5.41, 5.74) is 3.13. The molecule has 0 bridgehead atoms. The van der Waals surface area contributed by atoms with Crippen molar-refractivity contribution >= 4 is 50.4 Å². The second-order valence-electron chi connectivity index (χ2n) is 9.14. The molecule has 10 heteroatoms. The van der Waals surface area contributed by atoms with E-state index in [4.69, 9.17) is 4.74 Å². The Morgan fingerprint density at radius 2 is 1.77 bits per heavy atom. The summed E-state index contributed by atoms with van der Waals surface area (Å²) in [5, 5.41) is 18.0. The highest BCUT2D eigenvalue weighted by molar-refractivity contribution is 9.10. The van der Waals surface area contributed by atoms with Crippen LogP contribution in [0.4, 0.5) is 8.78 Å². The van der Waals surface area contributed by atoms with E-state index >= 15 is 4.39 Å². The zero-order chi connectivity index (χ0) is 27.9. The van der Waals surface area contributed by atoms with E-state index in [0.717, 1.165) is 44.0 Å². The van der Waals surface area contributed by atoms with Gasteiger partial charge in [-0.25, -0.2) is 8.78 Å².